The van der Waals surface area contributed by atoms with Crippen molar-refractivity contribution in [1.29, 1.82) is 0 Å². The summed E-state index contributed by atoms with van der Waals surface area (Å²) in [4.78, 5) is 18.8. The van der Waals surface area contributed by atoms with Crippen LogP contribution in [0.5, 0.6) is 0 Å². The largest absolute Gasteiger partial charge is 0.332 e. The third-order valence-corrected chi connectivity index (χ3v) is 5.03. The second kappa shape index (κ2) is 8.20. The summed E-state index contributed by atoms with van der Waals surface area (Å²) < 4.78 is 1.97. The Morgan fingerprint density at radius 2 is 2.00 bits per heavy atom. The fraction of sp³-hybridized carbons (Fsp3) is 0.381. The maximum absolute atomic E-state index is 12.6. The Morgan fingerprint density at radius 1 is 1.22 bits per heavy atom. The second-order valence-electron chi connectivity index (χ2n) is 6.87. The van der Waals surface area contributed by atoms with Crippen molar-refractivity contribution in [3.63, 3.8) is 0 Å². The number of para-hydroxylation sites is 1. The molecule has 2 heterocycles. The third-order valence-electron chi connectivity index (χ3n) is 5.03. The number of urea groups is 1. The Labute approximate surface area is 160 Å². The van der Waals surface area contributed by atoms with Gasteiger partial charge in [-0.2, -0.15) is 5.10 Å². The average molecular weight is 365 g/mol. The lowest BCUT2D eigenvalue weighted by Crippen LogP contribution is -2.43. The Morgan fingerprint density at radius 3 is 2.74 bits per heavy atom. The molecule has 3 rings (SSSR count). The van der Waals surface area contributed by atoms with Gasteiger partial charge < -0.3 is 10.2 Å². The van der Waals surface area contributed by atoms with Gasteiger partial charge in [0.1, 0.15) is 0 Å². The van der Waals surface area contributed by atoms with E-state index in [4.69, 9.17) is 0 Å². The number of nitrogens with zero attached hydrogens (tertiary/aromatic N) is 4. The van der Waals surface area contributed by atoms with E-state index < -0.39 is 0 Å². The molecular formula is C21H27N5O. The van der Waals surface area contributed by atoms with Gasteiger partial charge in [0, 0.05) is 43.3 Å². The lowest BCUT2D eigenvalue weighted by atomic mass is 10.1. The molecule has 6 nitrogen and oxygen atoms in total. The Bertz CT molecular complexity index is 933. The zero-order chi connectivity index (χ0) is 19.4. The van der Waals surface area contributed by atoms with Gasteiger partial charge in [-0.15, -0.1) is 0 Å². The molecule has 1 unspecified atom stereocenters. The number of rotatable bonds is 6. The van der Waals surface area contributed by atoms with Crippen molar-refractivity contribution < 1.29 is 4.79 Å². The summed E-state index contributed by atoms with van der Waals surface area (Å²) in [5.74, 6) is 0. The summed E-state index contributed by atoms with van der Waals surface area (Å²) in [6, 6.07) is 12.0. The number of benzene rings is 1. The van der Waals surface area contributed by atoms with Crippen LogP contribution in [0.15, 0.2) is 42.6 Å². The van der Waals surface area contributed by atoms with Crippen molar-refractivity contribution in [2.75, 3.05) is 7.05 Å². The van der Waals surface area contributed by atoms with E-state index in [1.165, 1.54) is 0 Å². The van der Waals surface area contributed by atoms with Gasteiger partial charge >= 0.3 is 6.03 Å². The SMILES string of the molecule is CCn1nc(CNC(=O)N(C)C(C)Cc2ncccc2C)c2ccccc21. The molecule has 2 amide bonds. The zero-order valence-electron chi connectivity index (χ0n) is 16.4. The normalized spacial score (nSPS) is 12.1. The number of nitrogens with one attached hydrogen (secondary N) is 1. The Kier molecular flexibility index (Phi) is 5.74. The van der Waals surface area contributed by atoms with Crippen molar-refractivity contribution in [3.05, 3.63) is 59.5 Å². The fourth-order valence-corrected chi connectivity index (χ4v) is 3.20. The summed E-state index contributed by atoms with van der Waals surface area (Å²) >= 11 is 0. The highest BCUT2D eigenvalue weighted by atomic mass is 16.2. The number of carbonyl (C=O) groups excluding carboxylic acids is 1. The van der Waals surface area contributed by atoms with E-state index in [0.29, 0.717) is 6.54 Å². The van der Waals surface area contributed by atoms with Crippen molar-refractivity contribution in [3.8, 4) is 0 Å². The van der Waals surface area contributed by atoms with Crippen LogP contribution in [0.25, 0.3) is 10.9 Å². The minimum atomic E-state index is -0.105. The molecule has 0 aliphatic rings. The molecule has 27 heavy (non-hydrogen) atoms. The first-order chi connectivity index (χ1) is 13.0. The van der Waals surface area contributed by atoms with Crippen molar-refractivity contribution in [2.24, 2.45) is 0 Å². The van der Waals surface area contributed by atoms with Crippen molar-refractivity contribution in [2.45, 2.75) is 46.3 Å². The zero-order valence-corrected chi connectivity index (χ0v) is 16.4. The molecule has 142 valence electrons. The van der Waals surface area contributed by atoms with Crippen LogP contribution in [0.3, 0.4) is 0 Å². The molecule has 0 spiro atoms. The lowest BCUT2D eigenvalue weighted by molar-refractivity contribution is 0.193. The van der Waals surface area contributed by atoms with Gasteiger partial charge in [0.25, 0.3) is 0 Å². The molecule has 0 fully saturated rings. The molecular weight excluding hydrogens is 338 g/mol. The number of carbonyl (C=O) groups is 1. The highest BCUT2D eigenvalue weighted by molar-refractivity contribution is 5.82. The van der Waals surface area contributed by atoms with E-state index in [-0.39, 0.29) is 12.1 Å². The standard InChI is InChI=1S/C21H27N5O/c1-5-26-20-11-7-6-10-17(20)19(24-26)14-23-21(27)25(4)16(3)13-18-15(2)9-8-12-22-18/h6-12,16H,5,13-14H2,1-4H3,(H,23,27). The predicted octanol–water partition coefficient (Wildman–Crippen LogP) is 3.53. The molecule has 1 atom stereocenters. The lowest BCUT2D eigenvalue weighted by Gasteiger charge is -2.25. The maximum Gasteiger partial charge on any atom is 0.317 e. The van der Waals surface area contributed by atoms with Gasteiger partial charge in [0.05, 0.1) is 17.8 Å². The molecule has 0 bridgehead atoms. The third kappa shape index (κ3) is 4.10. The monoisotopic (exact) mass is 365 g/mol. The molecule has 1 aromatic carbocycles. The topological polar surface area (TPSA) is 63.1 Å². The number of fused-ring (bicyclic) bond motifs is 1. The number of aromatic nitrogens is 3. The van der Waals surface area contributed by atoms with E-state index in [0.717, 1.165) is 40.8 Å². The summed E-state index contributed by atoms with van der Waals surface area (Å²) in [7, 11) is 1.82. The summed E-state index contributed by atoms with van der Waals surface area (Å²) in [6.07, 6.45) is 2.52. The van der Waals surface area contributed by atoms with Crippen LogP contribution in [0.1, 0.15) is 30.8 Å². The van der Waals surface area contributed by atoms with Crippen LogP contribution in [-0.2, 0) is 19.5 Å². The van der Waals surface area contributed by atoms with E-state index >= 15 is 0 Å². The van der Waals surface area contributed by atoms with Crippen LogP contribution < -0.4 is 5.32 Å². The van der Waals surface area contributed by atoms with Crippen LogP contribution in [0.2, 0.25) is 0 Å². The number of aryl methyl sites for hydroxylation is 2. The van der Waals surface area contributed by atoms with Gasteiger partial charge in [-0.05, 0) is 38.5 Å². The van der Waals surface area contributed by atoms with Crippen LogP contribution in [0.4, 0.5) is 4.79 Å². The van der Waals surface area contributed by atoms with Crippen LogP contribution in [0, 0.1) is 6.92 Å². The van der Waals surface area contributed by atoms with Gasteiger partial charge in [-0.25, -0.2) is 4.79 Å². The predicted molar refractivity (Wildman–Crippen MR) is 108 cm³/mol. The Balaban J connectivity index is 1.64. The molecule has 0 aliphatic heterocycles. The molecule has 0 aliphatic carbocycles. The number of hydrogen-bond acceptors (Lipinski definition) is 3. The molecule has 2 aromatic heterocycles. The number of pyridine rings is 1. The van der Waals surface area contributed by atoms with E-state index in [1.54, 1.807) is 11.1 Å². The molecule has 0 saturated carbocycles. The molecule has 6 heteroatoms. The van der Waals surface area contributed by atoms with Gasteiger partial charge in [0.2, 0.25) is 0 Å². The minimum Gasteiger partial charge on any atom is -0.332 e. The highest BCUT2D eigenvalue weighted by Crippen LogP contribution is 2.18. The van der Waals surface area contributed by atoms with E-state index in [2.05, 4.69) is 28.4 Å². The smallest absolute Gasteiger partial charge is 0.317 e. The molecule has 3 aromatic rings. The first-order valence-electron chi connectivity index (χ1n) is 9.36. The van der Waals surface area contributed by atoms with Gasteiger partial charge in [-0.1, -0.05) is 24.3 Å². The first-order valence-corrected chi connectivity index (χ1v) is 9.36. The number of amides is 2. The second-order valence-corrected chi connectivity index (χ2v) is 6.87. The quantitative estimate of drug-likeness (QED) is 0.727. The average Bonchev–Trinajstić information content (AvgIpc) is 3.05. The van der Waals surface area contributed by atoms with Crippen LogP contribution >= 0.6 is 0 Å². The summed E-state index contributed by atoms with van der Waals surface area (Å²) in [5.41, 5.74) is 4.16. The molecule has 1 N–H and O–H groups in total. The molecule has 0 saturated heterocycles. The summed E-state index contributed by atoms with van der Waals surface area (Å²) in [6.45, 7) is 7.36. The summed E-state index contributed by atoms with van der Waals surface area (Å²) in [5, 5.41) is 8.72. The van der Waals surface area contributed by atoms with Gasteiger partial charge in [-0.3, -0.25) is 9.67 Å². The maximum atomic E-state index is 12.6. The van der Waals surface area contributed by atoms with E-state index in [9.17, 15) is 4.79 Å². The fourth-order valence-electron chi connectivity index (χ4n) is 3.20. The van der Waals surface area contributed by atoms with Crippen molar-refractivity contribution >= 4 is 16.9 Å². The Hall–Kier alpha value is -2.89. The van der Waals surface area contributed by atoms with E-state index in [1.807, 2.05) is 55.9 Å². The molecule has 0 radical (unpaired) electrons. The van der Waals surface area contributed by atoms with Crippen molar-refractivity contribution in [1.82, 2.24) is 25.0 Å². The highest BCUT2D eigenvalue weighted by Gasteiger charge is 2.18. The van der Waals surface area contributed by atoms with Gasteiger partial charge in [0.15, 0.2) is 0 Å². The number of hydrogen-bond donors (Lipinski definition) is 1. The van der Waals surface area contributed by atoms with Crippen LogP contribution in [-0.4, -0.2) is 38.8 Å². The number of likely N-dealkylation sites (N-methyl/N-ethyl adjacent to an activating group) is 1. The minimum absolute atomic E-state index is 0.0449. The first kappa shape index (κ1) is 18.9.